The van der Waals surface area contributed by atoms with E-state index in [0.29, 0.717) is 23.7 Å². The van der Waals surface area contributed by atoms with Gasteiger partial charge in [-0.2, -0.15) is 0 Å². The normalized spacial score (nSPS) is 10.9. The molecule has 1 aromatic rings. The van der Waals surface area contributed by atoms with Crippen LogP contribution in [0.3, 0.4) is 0 Å². The summed E-state index contributed by atoms with van der Waals surface area (Å²) >= 11 is 1.42. The highest BCUT2D eigenvalue weighted by Gasteiger charge is 2.22. The fraction of sp³-hybridized carbons (Fsp3) is 0.647. The average Bonchev–Trinajstić information content (AvgIpc) is 2.82. The monoisotopic (exact) mass is 357 g/mol. The SMILES string of the molecule is CCOC(=O)c1c(NC(=O)C[NH2+]CC[NH+](CC)CC)sc(C)c1C. The molecule has 0 aliphatic rings. The lowest BCUT2D eigenvalue weighted by Gasteiger charge is -2.13. The summed E-state index contributed by atoms with van der Waals surface area (Å²) in [4.78, 5) is 26.8. The Bertz CT molecular complexity index is 554. The number of anilines is 1. The summed E-state index contributed by atoms with van der Waals surface area (Å²) in [5.74, 6) is -0.458. The molecular formula is C17H31N3O3S+2. The molecule has 0 radical (unpaired) electrons. The van der Waals surface area contributed by atoms with Crippen molar-refractivity contribution < 1.29 is 24.5 Å². The maximum absolute atomic E-state index is 12.2. The van der Waals surface area contributed by atoms with Crippen LogP contribution in [0.1, 0.15) is 41.6 Å². The minimum absolute atomic E-state index is 0.0867. The number of nitrogens with one attached hydrogen (secondary N) is 2. The number of nitrogens with two attached hydrogens (primary N) is 1. The van der Waals surface area contributed by atoms with Crippen molar-refractivity contribution in [1.29, 1.82) is 0 Å². The lowest BCUT2D eigenvalue weighted by atomic mass is 10.1. The van der Waals surface area contributed by atoms with Crippen molar-refractivity contribution in [3.63, 3.8) is 0 Å². The van der Waals surface area contributed by atoms with Crippen LogP contribution in [0.4, 0.5) is 5.00 Å². The van der Waals surface area contributed by atoms with E-state index in [1.165, 1.54) is 16.2 Å². The summed E-state index contributed by atoms with van der Waals surface area (Å²) in [5.41, 5.74) is 1.36. The highest BCUT2D eigenvalue weighted by molar-refractivity contribution is 7.16. The topological polar surface area (TPSA) is 76.4 Å². The second-order valence-corrected chi connectivity index (χ2v) is 6.97. The van der Waals surface area contributed by atoms with Crippen molar-refractivity contribution in [3.05, 3.63) is 16.0 Å². The van der Waals surface area contributed by atoms with Crippen molar-refractivity contribution in [2.75, 3.05) is 44.6 Å². The van der Waals surface area contributed by atoms with Gasteiger partial charge in [-0.25, -0.2) is 4.79 Å². The van der Waals surface area contributed by atoms with Crippen LogP contribution in [0.15, 0.2) is 0 Å². The maximum Gasteiger partial charge on any atom is 0.341 e. The molecule has 0 aliphatic carbocycles. The number of carbonyl (C=O) groups excluding carboxylic acids is 2. The first-order valence-electron chi connectivity index (χ1n) is 8.66. The van der Waals surface area contributed by atoms with Crippen LogP contribution in [-0.4, -0.2) is 51.2 Å². The van der Waals surface area contributed by atoms with Crippen molar-refractivity contribution in [3.8, 4) is 0 Å². The van der Waals surface area contributed by atoms with Crippen LogP contribution in [0.25, 0.3) is 0 Å². The first-order valence-corrected chi connectivity index (χ1v) is 9.48. The number of quaternary nitrogens is 2. The van der Waals surface area contributed by atoms with E-state index in [1.807, 2.05) is 19.2 Å². The van der Waals surface area contributed by atoms with Gasteiger partial charge in [-0.3, -0.25) is 4.79 Å². The predicted octanol–water partition coefficient (Wildman–Crippen LogP) is -0.0318. The van der Waals surface area contributed by atoms with Gasteiger partial charge in [-0.15, -0.1) is 11.3 Å². The predicted molar refractivity (Wildman–Crippen MR) is 97.0 cm³/mol. The zero-order valence-corrected chi connectivity index (χ0v) is 16.3. The number of hydrogen-bond donors (Lipinski definition) is 3. The smallest absolute Gasteiger partial charge is 0.341 e. The molecule has 0 saturated heterocycles. The molecule has 7 heteroatoms. The van der Waals surface area contributed by atoms with Crippen LogP contribution >= 0.6 is 11.3 Å². The van der Waals surface area contributed by atoms with Gasteiger partial charge in [0, 0.05) is 4.88 Å². The van der Waals surface area contributed by atoms with E-state index in [0.717, 1.165) is 36.6 Å². The Balaban J connectivity index is 2.58. The summed E-state index contributed by atoms with van der Waals surface area (Å²) in [7, 11) is 0. The molecule has 4 N–H and O–H groups in total. The molecule has 0 aliphatic heterocycles. The van der Waals surface area contributed by atoms with Gasteiger partial charge in [0.15, 0.2) is 6.54 Å². The molecule has 0 unspecified atom stereocenters. The zero-order chi connectivity index (χ0) is 18.1. The Kier molecular flexibility index (Phi) is 8.95. The number of aryl methyl sites for hydroxylation is 1. The zero-order valence-electron chi connectivity index (χ0n) is 15.5. The lowest BCUT2D eigenvalue weighted by molar-refractivity contribution is -0.908. The number of likely N-dealkylation sites (N-methyl/N-ethyl adjacent to an activating group) is 1. The molecule has 136 valence electrons. The van der Waals surface area contributed by atoms with E-state index in [-0.39, 0.29) is 11.9 Å². The number of thiophene rings is 1. The van der Waals surface area contributed by atoms with Gasteiger partial charge >= 0.3 is 5.97 Å². The molecule has 1 aromatic heterocycles. The molecule has 6 nitrogen and oxygen atoms in total. The van der Waals surface area contributed by atoms with Crippen LogP contribution in [-0.2, 0) is 9.53 Å². The number of amides is 1. The fourth-order valence-corrected chi connectivity index (χ4v) is 3.55. The number of carbonyl (C=O) groups is 2. The fourth-order valence-electron chi connectivity index (χ4n) is 2.48. The molecule has 0 bridgehead atoms. The number of esters is 1. The largest absolute Gasteiger partial charge is 0.462 e. The molecule has 0 spiro atoms. The summed E-state index contributed by atoms with van der Waals surface area (Å²) in [6.07, 6.45) is 0. The first-order chi connectivity index (χ1) is 11.4. The Labute approximate surface area is 148 Å². The molecule has 0 fully saturated rings. The molecule has 24 heavy (non-hydrogen) atoms. The summed E-state index contributed by atoms with van der Waals surface area (Å²) < 4.78 is 5.10. The molecule has 1 heterocycles. The van der Waals surface area contributed by atoms with Gasteiger partial charge in [-0.05, 0) is 40.2 Å². The van der Waals surface area contributed by atoms with Gasteiger partial charge in [0.1, 0.15) is 18.1 Å². The van der Waals surface area contributed by atoms with Gasteiger partial charge in [-0.1, -0.05) is 0 Å². The molecular weight excluding hydrogens is 326 g/mol. The van der Waals surface area contributed by atoms with E-state index in [2.05, 4.69) is 19.2 Å². The molecule has 0 atom stereocenters. The minimum atomic E-state index is -0.372. The van der Waals surface area contributed by atoms with Crippen LogP contribution in [0.2, 0.25) is 0 Å². The van der Waals surface area contributed by atoms with Crippen LogP contribution < -0.4 is 15.5 Å². The standard InChI is InChI=1S/C17H29N3O3S/c1-6-20(7-2)10-9-18-11-14(21)19-16-15(17(22)23-8-3)12(4)13(5)24-16/h18H,6-11H2,1-5H3,(H,19,21)/p+2. The van der Waals surface area contributed by atoms with Crippen LogP contribution in [0, 0.1) is 13.8 Å². The third kappa shape index (κ3) is 5.89. The Hall–Kier alpha value is -1.44. The van der Waals surface area contributed by atoms with Crippen LogP contribution in [0.5, 0.6) is 0 Å². The first kappa shape index (κ1) is 20.6. The van der Waals surface area contributed by atoms with E-state index in [9.17, 15) is 9.59 Å². The summed E-state index contributed by atoms with van der Waals surface area (Å²) in [6.45, 7) is 14.8. The van der Waals surface area contributed by atoms with Gasteiger partial charge in [0.05, 0.1) is 25.3 Å². The van der Waals surface area contributed by atoms with Crippen molar-refractivity contribution in [2.24, 2.45) is 0 Å². The molecule has 1 amide bonds. The Morgan fingerprint density at radius 1 is 1.21 bits per heavy atom. The van der Waals surface area contributed by atoms with Gasteiger partial charge in [0.2, 0.25) is 0 Å². The second kappa shape index (κ2) is 10.4. The lowest BCUT2D eigenvalue weighted by Crippen LogP contribution is -3.14. The number of hydrogen-bond acceptors (Lipinski definition) is 4. The summed E-state index contributed by atoms with van der Waals surface area (Å²) in [5, 5.41) is 5.47. The molecule has 0 saturated carbocycles. The van der Waals surface area contributed by atoms with E-state index >= 15 is 0 Å². The van der Waals surface area contributed by atoms with Crippen molar-refractivity contribution >= 4 is 28.2 Å². The molecule has 1 rings (SSSR count). The van der Waals surface area contributed by atoms with Gasteiger partial charge in [0.25, 0.3) is 5.91 Å². The highest BCUT2D eigenvalue weighted by Crippen LogP contribution is 2.32. The quantitative estimate of drug-likeness (QED) is 0.406. The van der Waals surface area contributed by atoms with Gasteiger partial charge < -0.3 is 20.3 Å². The summed E-state index contributed by atoms with van der Waals surface area (Å²) in [6, 6.07) is 0. The van der Waals surface area contributed by atoms with E-state index < -0.39 is 0 Å². The maximum atomic E-state index is 12.2. The average molecular weight is 358 g/mol. The Morgan fingerprint density at radius 2 is 1.88 bits per heavy atom. The van der Waals surface area contributed by atoms with E-state index in [1.54, 1.807) is 6.92 Å². The molecule has 0 aromatic carbocycles. The third-order valence-corrected chi connectivity index (χ3v) is 5.27. The minimum Gasteiger partial charge on any atom is -0.462 e. The van der Waals surface area contributed by atoms with E-state index in [4.69, 9.17) is 4.74 Å². The number of ether oxygens (including phenoxy) is 1. The Morgan fingerprint density at radius 3 is 2.46 bits per heavy atom. The van der Waals surface area contributed by atoms with Crippen molar-refractivity contribution in [2.45, 2.75) is 34.6 Å². The second-order valence-electron chi connectivity index (χ2n) is 5.74. The third-order valence-electron chi connectivity index (χ3n) is 4.15. The number of rotatable bonds is 10. The van der Waals surface area contributed by atoms with Crippen molar-refractivity contribution in [1.82, 2.24) is 0 Å². The highest BCUT2D eigenvalue weighted by atomic mass is 32.1.